The van der Waals surface area contributed by atoms with E-state index in [0.29, 0.717) is 30.8 Å². The fourth-order valence-corrected chi connectivity index (χ4v) is 1.76. The van der Waals surface area contributed by atoms with Crippen molar-refractivity contribution >= 4 is 17.6 Å². The van der Waals surface area contributed by atoms with E-state index in [1.807, 2.05) is 6.92 Å². The summed E-state index contributed by atoms with van der Waals surface area (Å²) in [6.45, 7) is 2.53. The van der Waals surface area contributed by atoms with Crippen molar-refractivity contribution in [3.63, 3.8) is 0 Å². The molecule has 0 aromatic carbocycles. The van der Waals surface area contributed by atoms with Gasteiger partial charge in [0.2, 0.25) is 5.91 Å². The zero-order valence-corrected chi connectivity index (χ0v) is 12.0. The second-order valence-electron chi connectivity index (χ2n) is 4.52. The SMILES string of the molecule is CCc1cc(C(=O)NCCCCC(N)=O)cc(NC)n1. The number of nitrogens with zero attached hydrogens (tertiary/aromatic N) is 1. The highest BCUT2D eigenvalue weighted by Crippen LogP contribution is 2.10. The van der Waals surface area contributed by atoms with Gasteiger partial charge in [0.05, 0.1) is 0 Å². The van der Waals surface area contributed by atoms with Crippen LogP contribution in [0.2, 0.25) is 0 Å². The quantitative estimate of drug-likeness (QED) is 0.620. The van der Waals surface area contributed by atoms with Gasteiger partial charge in [0.15, 0.2) is 0 Å². The van der Waals surface area contributed by atoms with Gasteiger partial charge in [-0.2, -0.15) is 0 Å². The zero-order chi connectivity index (χ0) is 15.0. The van der Waals surface area contributed by atoms with Gasteiger partial charge in [0.25, 0.3) is 5.91 Å². The number of aromatic nitrogens is 1. The molecule has 110 valence electrons. The molecule has 0 aliphatic carbocycles. The van der Waals surface area contributed by atoms with Crippen LogP contribution in [0.15, 0.2) is 12.1 Å². The molecule has 0 bridgehead atoms. The largest absolute Gasteiger partial charge is 0.373 e. The molecule has 4 N–H and O–H groups in total. The highest BCUT2D eigenvalue weighted by Gasteiger charge is 2.08. The standard InChI is InChI=1S/C14H22N4O2/c1-3-11-8-10(9-13(16-2)18-11)14(20)17-7-5-4-6-12(15)19/h8-9H,3-7H2,1-2H3,(H2,15,19)(H,16,18)(H,17,20). The molecule has 1 heterocycles. The van der Waals surface area contributed by atoms with Gasteiger partial charge in [-0.25, -0.2) is 4.98 Å². The monoisotopic (exact) mass is 278 g/mol. The van der Waals surface area contributed by atoms with Crippen molar-refractivity contribution in [1.29, 1.82) is 0 Å². The summed E-state index contributed by atoms with van der Waals surface area (Å²) in [5, 5.41) is 5.77. The lowest BCUT2D eigenvalue weighted by atomic mass is 10.1. The number of aryl methyl sites for hydroxylation is 1. The third-order valence-corrected chi connectivity index (χ3v) is 2.89. The molecule has 0 spiro atoms. The van der Waals surface area contributed by atoms with E-state index in [2.05, 4.69) is 15.6 Å². The summed E-state index contributed by atoms with van der Waals surface area (Å²) in [6, 6.07) is 3.51. The van der Waals surface area contributed by atoms with Crippen LogP contribution in [0.3, 0.4) is 0 Å². The van der Waals surface area contributed by atoms with Crippen LogP contribution in [0.4, 0.5) is 5.82 Å². The molecule has 0 unspecified atom stereocenters. The van der Waals surface area contributed by atoms with Crippen LogP contribution >= 0.6 is 0 Å². The minimum Gasteiger partial charge on any atom is -0.373 e. The number of nitrogens with two attached hydrogens (primary N) is 1. The van der Waals surface area contributed by atoms with Crippen LogP contribution in [0, 0.1) is 0 Å². The first-order valence-corrected chi connectivity index (χ1v) is 6.82. The van der Waals surface area contributed by atoms with E-state index in [0.717, 1.165) is 18.5 Å². The summed E-state index contributed by atoms with van der Waals surface area (Å²) in [6.07, 6.45) is 2.55. The van der Waals surface area contributed by atoms with E-state index in [4.69, 9.17) is 5.73 Å². The molecular weight excluding hydrogens is 256 g/mol. The maximum atomic E-state index is 12.0. The van der Waals surface area contributed by atoms with Crippen LogP contribution in [-0.4, -0.2) is 30.4 Å². The van der Waals surface area contributed by atoms with Gasteiger partial charge >= 0.3 is 0 Å². The van der Waals surface area contributed by atoms with E-state index in [1.165, 1.54) is 0 Å². The number of primary amides is 1. The maximum absolute atomic E-state index is 12.0. The van der Waals surface area contributed by atoms with E-state index < -0.39 is 0 Å². The average molecular weight is 278 g/mol. The molecule has 2 amide bonds. The Balaban J connectivity index is 2.52. The van der Waals surface area contributed by atoms with Crippen LogP contribution in [-0.2, 0) is 11.2 Å². The Kier molecular flexibility index (Phi) is 6.49. The van der Waals surface area contributed by atoms with Crippen molar-refractivity contribution in [1.82, 2.24) is 10.3 Å². The molecule has 20 heavy (non-hydrogen) atoms. The van der Waals surface area contributed by atoms with E-state index in [9.17, 15) is 9.59 Å². The van der Waals surface area contributed by atoms with Crippen molar-refractivity contribution in [3.8, 4) is 0 Å². The number of carbonyl (C=O) groups excluding carboxylic acids is 2. The first-order chi connectivity index (χ1) is 9.56. The molecule has 1 aromatic rings. The maximum Gasteiger partial charge on any atom is 0.251 e. The lowest BCUT2D eigenvalue weighted by Crippen LogP contribution is -2.25. The van der Waals surface area contributed by atoms with Gasteiger partial charge in [-0.3, -0.25) is 9.59 Å². The summed E-state index contributed by atoms with van der Waals surface area (Å²) in [5.74, 6) is 0.248. The number of carbonyl (C=O) groups is 2. The predicted molar refractivity (Wildman–Crippen MR) is 78.5 cm³/mol. The number of pyridine rings is 1. The second kappa shape index (κ2) is 8.14. The van der Waals surface area contributed by atoms with Crippen LogP contribution in [0.5, 0.6) is 0 Å². The second-order valence-corrected chi connectivity index (χ2v) is 4.52. The number of hydrogen-bond acceptors (Lipinski definition) is 4. The number of unbranched alkanes of at least 4 members (excludes halogenated alkanes) is 1. The van der Waals surface area contributed by atoms with Crippen LogP contribution in [0.25, 0.3) is 0 Å². The summed E-state index contributed by atoms with van der Waals surface area (Å²) in [5.41, 5.74) is 6.51. The van der Waals surface area contributed by atoms with Gasteiger partial charge in [-0.05, 0) is 31.4 Å². The number of anilines is 1. The normalized spacial score (nSPS) is 10.1. The van der Waals surface area contributed by atoms with Crippen LogP contribution < -0.4 is 16.4 Å². The Bertz CT molecular complexity index is 452. The minimum absolute atomic E-state index is 0.127. The molecule has 0 atom stereocenters. The summed E-state index contributed by atoms with van der Waals surface area (Å²) in [7, 11) is 1.77. The molecule has 0 saturated heterocycles. The Hall–Kier alpha value is -2.11. The fraction of sp³-hybridized carbons (Fsp3) is 0.500. The Morgan fingerprint density at radius 3 is 2.65 bits per heavy atom. The highest BCUT2D eigenvalue weighted by molar-refractivity contribution is 5.95. The summed E-state index contributed by atoms with van der Waals surface area (Å²) in [4.78, 5) is 26.9. The van der Waals surface area contributed by atoms with E-state index in [-0.39, 0.29) is 11.8 Å². The molecule has 1 rings (SSSR count). The molecule has 1 aromatic heterocycles. The third kappa shape index (κ3) is 5.26. The smallest absolute Gasteiger partial charge is 0.251 e. The minimum atomic E-state index is -0.309. The lowest BCUT2D eigenvalue weighted by molar-refractivity contribution is -0.118. The average Bonchev–Trinajstić information content (AvgIpc) is 2.45. The van der Waals surface area contributed by atoms with Crippen molar-refractivity contribution < 1.29 is 9.59 Å². The third-order valence-electron chi connectivity index (χ3n) is 2.89. The Labute approximate surface area is 119 Å². The van der Waals surface area contributed by atoms with Crippen LogP contribution in [0.1, 0.15) is 42.2 Å². The Morgan fingerprint density at radius 2 is 2.05 bits per heavy atom. The fourth-order valence-electron chi connectivity index (χ4n) is 1.76. The zero-order valence-electron chi connectivity index (χ0n) is 12.0. The number of rotatable bonds is 8. The molecule has 0 aliphatic rings. The highest BCUT2D eigenvalue weighted by atomic mass is 16.2. The molecule has 0 fully saturated rings. The topological polar surface area (TPSA) is 97.1 Å². The van der Waals surface area contributed by atoms with Crippen molar-refractivity contribution in [2.24, 2.45) is 5.73 Å². The van der Waals surface area contributed by atoms with Gasteiger partial charge < -0.3 is 16.4 Å². The van der Waals surface area contributed by atoms with Crippen molar-refractivity contribution in [3.05, 3.63) is 23.4 Å². The van der Waals surface area contributed by atoms with E-state index in [1.54, 1.807) is 19.2 Å². The first kappa shape index (κ1) is 15.9. The summed E-state index contributed by atoms with van der Waals surface area (Å²) < 4.78 is 0. The predicted octanol–water partition coefficient (Wildman–Crippen LogP) is 1.07. The Morgan fingerprint density at radius 1 is 1.30 bits per heavy atom. The number of nitrogens with one attached hydrogen (secondary N) is 2. The molecule has 0 radical (unpaired) electrons. The lowest BCUT2D eigenvalue weighted by Gasteiger charge is -2.08. The van der Waals surface area contributed by atoms with Gasteiger partial charge in [-0.15, -0.1) is 0 Å². The van der Waals surface area contributed by atoms with Gasteiger partial charge in [-0.1, -0.05) is 6.92 Å². The number of hydrogen-bond donors (Lipinski definition) is 3. The molecule has 6 heteroatoms. The molecule has 0 aliphatic heterocycles. The molecular formula is C14H22N4O2. The van der Waals surface area contributed by atoms with Gasteiger partial charge in [0.1, 0.15) is 5.82 Å². The number of amides is 2. The van der Waals surface area contributed by atoms with E-state index >= 15 is 0 Å². The van der Waals surface area contributed by atoms with Crippen molar-refractivity contribution in [2.45, 2.75) is 32.6 Å². The molecule has 6 nitrogen and oxygen atoms in total. The molecule has 0 saturated carbocycles. The van der Waals surface area contributed by atoms with Gasteiger partial charge in [0, 0.05) is 31.3 Å². The van der Waals surface area contributed by atoms with Crippen molar-refractivity contribution in [2.75, 3.05) is 18.9 Å². The first-order valence-electron chi connectivity index (χ1n) is 6.82. The summed E-state index contributed by atoms with van der Waals surface area (Å²) >= 11 is 0.